The first-order valence-corrected chi connectivity index (χ1v) is 6.75. The maximum absolute atomic E-state index is 13.2. The van der Waals surface area contributed by atoms with Crippen molar-refractivity contribution in [3.63, 3.8) is 0 Å². The van der Waals surface area contributed by atoms with Gasteiger partial charge in [0.2, 0.25) is 0 Å². The third kappa shape index (κ3) is 3.09. The van der Waals surface area contributed by atoms with Crippen LogP contribution in [0.4, 0.5) is 4.39 Å². The van der Waals surface area contributed by atoms with Gasteiger partial charge in [0.25, 0.3) is 0 Å². The van der Waals surface area contributed by atoms with Crippen LogP contribution in [0.2, 0.25) is 0 Å². The summed E-state index contributed by atoms with van der Waals surface area (Å²) in [6, 6.07) is 5.52. The van der Waals surface area contributed by atoms with Crippen LogP contribution in [0.15, 0.2) is 18.2 Å². The predicted octanol–water partition coefficient (Wildman–Crippen LogP) is 2.87. The lowest BCUT2D eigenvalue weighted by Crippen LogP contribution is -2.45. The number of likely N-dealkylation sites (tertiary alicyclic amines) is 1. The monoisotopic (exact) mass is 251 g/mol. The van der Waals surface area contributed by atoms with Crippen molar-refractivity contribution in [1.29, 1.82) is 0 Å². The van der Waals surface area contributed by atoms with Crippen LogP contribution in [0.3, 0.4) is 0 Å². The predicted molar refractivity (Wildman–Crippen MR) is 70.9 cm³/mol. The Balaban J connectivity index is 2.08. The minimum Gasteiger partial charge on any atom is -0.392 e. The number of hydrogen-bond acceptors (Lipinski definition) is 2. The van der Waals surface area contributed by atoms with Crippen LogP contribution in [-0.4, -0.2) is 28.7 Å². The fraction of sp³-hybridized carbons (Fsp3) is 0.600. The Bertz CT molecular complexity index is 405. The standard InChI is InChI=1S/C15H22FNO/c1-11-9-13(6-7-14(11)16)10-17-8-4-3-5-15(17)12(2)18/h6-7,9,12,15,18H,3-5,8,10H2,1-2H3. The molecule has 2 nitrogen and oxygen atoms in total. The van der Waals surface area contributed by atoms with E-state index in [1.54, 1.807) is 6.92 Å². The lowest BCUT2D eigenvalue weighted by Gasteiger charge is -2.37. The smallest absolute Gasteiger partial charge is 0.126 e. The molecular formula is C15H22FNO. The maximum Gasteiger partial charge on any atom is 0.126 e. The van der Waals surface area contributed by atoms with E-state index in [0.717, 1.165) is 25.1 Å². The van der Waals surface area contributed by atoms with E-state index < -0.39 is 0 Å². The summed E-state index contributed by atoms with van der Waals surface area (Å²) in [5.74, 6) is -0.149. The van der Waals surface area contributed by atoms with E-state index >= 15 is 0 Å². The van der Waals surface area contributed by atoms with Crippen molar-refractivity contribution in [2.45, 2.75) is 51.8 Å². The van der Waals surface area contributed by atoms with Crippen molar-refractivity contribution in [1.82, 2.24) is 4.90 Å². The average molecular weight is 251 g/mol. The van der Waals surface area contributed by atoms with Crippen LogP contribution in [0.1, 0.15) is 37.3 Å². The van der Waals surface area contributed by atoms with E-state index in [9.17, 15) is 9.50 Å². The summed E-state index contributed by atoms with van der Waals surface area (Å²) in [5, 5.41) is 9.82. The van der Waals surface area contributed by atoms with E-state index in [1.807, 2.05) is 19.1 Å². The summed E-state index contributed by atoms with van der Waals surface area (Å²) in [5.41, 5.74) is 1.82. The van der Waals surface area contributed by atoms with Crippen LogP contribution < -0.4 is 0 Å². The Kier molecular flexibility index (Phi) is 4.36. The van der Waals surface area contributed by atoms with Gasteiger partial charge in [0, 0.05) is 12.6 Å². The van der Waals surface area contributed by atoms with Gasteiger partial charge in [0.05, 0.1) is 6.10 Å². The van der Waals surface area contributed by atoms with Crippen LogP contribution in [0.25, 0.3) is 0 Å². The highest BCUT2D eigenvalue weighted by molar-refractivity contribution is 5.24. The summed E-state index contributed by atoms with van der Waals surface area (Å²) in [6.07, 6.45) is 3.13. The van der Waals surface area contributed by atoms with E-state index in [1.165, 1.54) is 18.9 Å². The van der Waals surface area contributed by atoms with Gasteiger partial charge in [-0.05, 0) is 50.4 Å². The van der Waals surface area contributed by atoms with Gasteiger partial charge in [0.1, 0.15) is 5.82 Å². The maximum atomic E-state index is 13.2. The molecule has 3 heteroatoms. The Labute approximate surface area is 108 Å². The first-order valence-electron chi connectivity index (χ1n) is 6.75. The molecule has 2 atom stereocenters. The summed E-state index contributed by atoms with van der Waals surface area (Å²) in [4.78, 5) is 2.32. The Hall–Kier alpha value is -0.930. The summed E-state index contributed by atoms with van der Waals surface area (Å²) >= 11 is 0. The number of rotatable bonds is 3. The number of nitrogens with zero attached hydrogens (tertiary/aromatic N) is 1. The lowest BCUT2D eigenvalue weighted by atomic mass is 9.97. The van der Waals surface area contributed by atoms with Crippen molar-refractivity contribution in [2.24, 2.45) is 0 Å². The number of piperidine rings is 1. The molecule has 0 radical (unpaired) electrons. The third-order valence-corrected chi connectivity index (χ3v) is 3.83. The molecular weight excluding hydrogens is 229 g/mol. The molecule has 1 aliphatic rings. The van der Waals surface area contributed by atoms with Crippen molar-refractivity contribution in [2.75, 3.05) is 6.54 Å². The highest BCUT2D eigenvalue weighted by atomic mass is 19.1. The topological polar surface area (TPSA) is 23.5 Å². The highest BCUT2D eigenvalue weighted by Crippen LogP contribution is 2.22. The number of hydrogen-bond donors (Lipinski definition) is 1. The van der Waals surface area contributed by atoms with Gasteiger partial charge in [-0.25, -0.2) is 4.39 Å². The molecule has 1 aromatic carbocycles. The van der Waals surface area contributed by atoms with Crippen molar-refractivity contribution in [3.05, 3.63) is 35.1 Å². The number of halogens is 1. The molecule has 0 saturated carbocycles. The minimum atomic E-state index is -0.299. The second kappa shape index (κ2) is 5.81. The molecule has 18 heavy (non-hydrogen) atoms. The quantitative estimate of drug-likeness (QED) is 0.893. The number of benzene rings is 1. The minimum absolute atomic E-state index is 0.149. The van der Waals surface area contributed by atoms with Crippen LogP contribution in [0, 0.1) is 12.7 Å². The molecule has 1 aromatic rings. The number of aliphatic hydroxyl groups excluding tert-OH is 1. The second-order valence-corrected chi connectivity index (χ2v) is 5.36. The SMILES string of the molecule is Cc1cc(CN2CCCCC2C(C)O)ccc1F. The zero-order chi connectivity index (χ0) is 13.1. The number of aliphatic hydroxyl groups is 1. The van der Waals surface area contributed by atoms with Gasteiger partial charge in [-0.15, -0.1) is 0 Å². The largest absolute Gasteiger partial charge is 0.392 e. The molecule has 2 rings (SSSR count). The molecule has 0 aliphatic carbocycles. The first-order chi connectivity index (χ1) is 8.58. The molecule has 1 saturated heterocycles. The summed E-state index contributed by atoms with van der Waals surface area (Å²) in [6.45, 7) is 5.47. The van der Waals surface area contributed by atoms with Crippen LogP contribution >= 0.6 is 0 Å². The zero-order valence-corrected chi connectivity index (χ0v) is 11.2. The molecule has 2 unspecified atom stereocenters. The molecule has 1 heterocycles. The van der Waals surface area contributed by atoms with Gasteiger partial charge in [-0.3, -0.25) is 4.90 Å². The van der Waals surface area contributed by atoms with E-state index in [2.05, 4.69) is 4.90 Å². The Morgan fingerprint density at radius 3 is 2.89 bits per heavy atom. The van der Waals surface area contributed by atoms with Gasteiger partial charge < -0.3 is 5.11 Å². The van der Waals surface area contributed by atoms with Gasteiger partial charge in [-0.2, -0.15) is 0 Å². The van der Waals surface area contributed by atoms with Gasteiger partial charge in [-0.1, -0.05) is 18.6 Å². The van der Waals surface area contributed by atoms with Crippen molar-refractivity contribution >= 4 is 0 Å². The average Bonchev–Trinajstić information content (AvgIpc) is 2.34. The summed E-state index contributed by atoms with van der Waals surface area (Å²) < 4.78 is 13.2. The first kappa shape index (κ1) is 13.5. The Morgan fingerprint density at radius 2 is 2.22 bits per heavy atom. The van der Waals surface area contributed by atoms with Crippen molar-refractivity contribution < 1.29 is 9.50 Å². The number of aryl methyl sites for hydroxylation is 1. The van der Waals surface area contributed by atoms with Crippen LogP contribution in [0.5, 0.6) is 0 Å². The molecule has 1 aliphatic heterocycles. The molecule has 100 valence electrons. The molecule has 0 spiro atoms. The fourth-order valence-electron chi connectivity index (χ4n) is 2.80. The highest BCUT2D eigenvalue weighted by Gasteiger charge is 2.26. The van der Waals surface area contributed by atoms with E-state index in [-0.39, 0.29) is 18.0 Å². The van der Waals surface area contributed by atoms with Gasteiger partial charge >= 0.3 is 0 Å². The third-order valence-electron chi connectivity index (χ3n) is 3.83. The molecule has 1 fully saturated rings. The van der Waals surface area contributed by atoms with Gasteiger partial charge in [0.15, 0.2) is 0 Å². The lowest BCUT2D eigenvalue weighted by molar-refractivity contribution is 0.0316. The fourth-order valence-corrected chi connectivity index (χ4v) is 2.80. The summed E-state index contributed by atoms with van der Waals surface area (Å²) in [7, 11) is 0. The Morgan fingerprint density at radius 1 is 1.44 bits per heavy atom. The molecule has 0 bridgehead atoms. The zero-order valence-electron chi connectivity index (χ0n) is 11.2. The molecule has 0 amide bonds. The molecule has 0 aromatic heterocycles. The molecule has 1 N–H and O–H groups in total. The van der Waals surface area contributed by atoms with Crippen LogP contribution in [-0.2, 0) is 6.54 Å². The van der Waals surface area contributed by atoms with E-state index in [4.69, 9.17) is 0 Å². The van der Waals surface area contributed by atoms with E-state index in [0.29, 0.717) is 5.56 Å². The van der Waals surface area contributed by atoms with Crippen molar-refractivity contribution in [3.8, 4) is 0 Å². The normalized spacial score (nSPS) is 23.0. The second-order valence-electron chi connectivity index (χ2n) is 5.36.